The Bertz CT molecular complexity index is 1770. The number of pyridine rings is 1. The zero-order valence-corrected chi connectivity index (χ0v) is 22.6. The van der Waals surface area contributed by atoms with Crippen LogP contribution in [-0.4, -0.2) is 61.0 Å². The highest BCUT2D eigenvalue weighted by Gasteiger charge is 2.27. The van der Waals surface area contributed by atoms with E-state index in [0.717, 1.165) is 67.0 Å². The van der Waals surface area contributed by atoms with Crippen molar-refractivity contribution in [2.24, 2.45) is 7.05 Å². The maximum atomic E-state index is 13.5. The van der Waals surface area contributed by atoms with Crippen LogP contribution in [0.25, 0.3) is 22.1 Å². The molecule has 0 N–H and O–H groups in total. The van der Waals surface area contributed by atoms with Crippen LogP contribution in [0.3, 0.4) is 0 Å². The number of nitrogens with zero attached hydrogens (tertiary/aromatic N) is 8. The summed E-state index contributed by atoms with van der Waals surface area (Å²) in [6, 6.07) is 12.7. The number of hydrogen-bond acceptors (Lipinski definition) is 7. The summed E-state index contributed by atoms with van der Waals surface area (Å²) < 4.78 is 32.6. The summed E-state index contributed by atoms with van der Waals surface area (Å²) in [5.41, 5.74) is 2.08. The number of rotatable bonds is 8. The van der Waals surface area contributed by atoms with E-state index in [-0.39, 0.29) is 10.9 Å². The number of aromatic nitrogens is 6. The van der Waals surface area contributed by atoms with Gasteiger partial charge in [-0.1, -0.05) is 18.2 Å². The molecule has 1 aliphatic rings. The average Bonchev–Trinajstić information content (AvgIpc) is 3.67. The molecule has 0 amide bonds. The van der Waals surface area contributed by atoms with Gasteiger partial charge in [0.15, 0.2) is 5.65 Å². The van der Waals surface area contributed by atoms with E-state index in [1.807, 2.05) is 23.9 Å². The average molecular weight is 543 g/mol. The molecule has 0 saturated carbocycles. The monoisotopic (exact) mass is 542 g/mol. The van der Waals surface area contributed by atoms with Crippen molar-refractivity contribution in [3.63, 3.8) is 0 Å². The first-order valence-corrected chi connectivity index (χ1v) is 14.6. The third-order valence-electron chi connectivity index (χ3n) is 7.66. The molecule has 0 bridgehead atoms. The van der Waals surface area contributed by atoms with Gasteiger partial charge < -0.3 is 14.0 Å². The number of likely N-dealkylation sites (tertiary alicyclic amines) is 1. The quantitative estimate of drug-likeness (QED) is 0.294. The highest BCUT2D eigenvalue weighted by molar-refractivity contribution is 7.90. The van der Waals surface area contributed by atoms with Gasteiger partial charge in [-0.2, -0.15) is 5.26 Å². The van der Waals surface area contributed by atoms with Gasteiger partial charge in [-0.05, 0) is 31.0 Å². The first-order valence-electron chi connectivity index (χ1n) is 13.2. The van der Waals surface area contributed by atoms with Crippen molar-refractivity contribution in [1.82, 2.24) is 33.0 Å². The number of nitriles is 1. The van der Waals surface area contributed by atoms with E-state index in [2.05, 4.69) is 25.5 Å². The van der Waals surface area contributed by atoms with Crippen LogP contribution in [-0.2, 0) is 29.9 Å². The van der Waals surface area contributed by atoms with Crippen LogP contribution in [0.2, 0.25) is 0 Å². The summed E-state index contributed by atoms with van der Waals surface area (Å²) >= 11 is 0. The lowest BCUT2D eigenvalue weighted by Crippen LogP contribution is -2.35. The Morgan fingerprint density at radius 3 is 2.51 bits per heavy atom. The molecule has 1 aliphatic heterocycles. The molecule has 5 aromatic rings. The van der Waals surface area contributed by atoms with Crippen LogP contribution in [0.5, 0.6) is 0 Å². The Kier molecular flexibility index (Phi) is 6.66. The minimum absolute atomic E-state index is 0.212. The Morgan fingerprint density at radius 1 is 1.03 bits per heavy atom. The van der Waals surface area contributed by atoms with Crippen LogP contribution in [0.1, 0.15) is 37.0 Å². The molecule has 1 aromatic carbocycles. The fourth-order valence-electron chi connectivity index (χ4n) is 5.64. The van der Waals surface area contributed by atoms with Gasteiger partial charge in [0.25, 0.3) is 10.0 Å². The second-order valence-corrected chi connectivity index (χ2v) is 11.8. The van der Waals surface area contributed by atoms with E-state index in [4.69, 9.17) is 10.2 Å². The predicted octanol–water partition coefficient (Wildman–Crippen LogP) is 3.69. The van der Waals surface area contributed by atoms with Gasteiger partial charge in [0.05, 0.1) is 22.7 Å². The van der Waals surface area contributed by atoms with Crippen molar-refractivity contribution < 1.29 is 8.42 Å². The molecule has 0 aliphatic carbocycles. The molecule has 200 valence electrons. The van der Waals surface area contributed by atoms with E-state index in [9.17, 15) is 8.42 Å². The Balaban J connectivity index is 1.44. The molecular formula is C28H30N8O2S. The number of benzene rings is 1. The molecule has 6 rings (SSSR count). The Labute approximate surface area is 227 Å². The Hall–Kier alpha value is -4.01. The zero-order chi connectivity index (χ0) is 27.0. The second-order valence-electron chi connectivity index (χ2n) is 9.99. The van der Waals surface area contributed by atoms with Crippen LogP contribution in [0.15, 0.2) is 66.1 Å². The van der Waals surface area contributed by atoms with Crippen LogP contribution >= 0.6 is 0 Å². The maximum Gasteiger partial charge on any atom is 0.269 e. The van der Waals surface area contributed by atoms with Crippen molar-refractivity contribution >= 4 is 32.1 Å². The number of aryl methyl sites for hydroxylation is 3. The summed E-state index contributed by atoms with van der Waals surface area (Å²) in [6.45, 7) is 2.60. The maximum absolute atomic E-state index is 13.5. The van der Waals surface area contributed by atoms with Crippen molar-refractivity contribution in [3.05, 3.63) is 72.8 Å². The van der Waals surface area contributed by atoms with Gasteiger partial charge in [-0.3, -0.25) is 0 Å². The van der Waals surface area contributed by atoms with Crippen LogP contribution in [0.4, 0.5) is 0 Å². The minimum atomic E-state index is -3.80. The minimum Gasteiger partial charge on any atom is -0.338 e. The molecule has 0 unspecified atom stereocenters. The Morgan fingerprint density at radius 2 is 1.79 bits per heavy atom. The third-order valence-corrected chi connectivity index (χ3v) is 9.34. The normalized spacial score (nSPS) is 15.3. The van der Waals surface area contributed by atoms with Crippen molar-refractivity contribution in [1.29, 1.82) is 5.26 Å². The summed E-state index contributed by atoms with van der Waals surface area (Å²) in [5.74, 6) is 1.94. The van der Waals surface area contributed by atoms with E-state index < -0.39 is 10.0 Å². The molecule has 0 spiro atoms. The molecule has 1 saturated heterocycles. The zero-order valence-electron chi connectivity index (χ0n) is 21.8. The first-order chi connectivity index (χ1) is 19.0. The van der Waals surface area contributed by atoms with Gasteiger partial charge in [0, 0.05) is 76.0 Å². The van der Waals surface area contributed by atoms with E-state index >= 15 is 0 Å². The summed E-state index contributed by atoms with van der Waals surface area (Å²) in [5, 5.41) is 9.77. The molecule has 0 atom stereocenters. The summed E-state index contributed by atoms with van der Waals surface area (Å²) in [6.07, 6.45) is 10.9. The van der Waals surface area contributed by atoms with E-state index in [1.54, 1.807) is 48.9 Å². The van der Waals surface area contributed by atoms with Crippen molar-refractivity contribution in [2.45, 2.75) is 43.0 Å². The number of imidazole rings is 2. The summed E-state index contributed by atoms with van der Waals surface area (Å²) in [4.78, 5) is 16.6. The predicted molar refractivity (Wildman–Crippen MR) is 148 cm³/mol. The van der Waals surface area contributed by atoms with Gasteiger partial charge >= 0.3 is 0 Å². The van der Waals surface area contributed by atoms with Gasteiger partial charge in [0.2, 0.25) is 0 Å². The molecule has 0 radical (unpaired) electrons. The molecule has 1 fully saturated rings. The first kappa shape index (κ1) is 25.3. The lowest BCUT2D eigenvalue weighted by Gasteiger charge is -2.33. The lowest BCUT2D eigenvalue weighted by atomic mass is 10.0. The molecular weight excluding hydrogens is 512 g/mol. The summed E-state index contributed by atoms with van der Waals surface area (Å²) in [7, 11) is -1.81. The van der Waals surface area contributed by atoms with Crippen molar-refractivity contribution in [2.75, 3.05) is 19.6 Å². The van der Waals surface area contributed by atoms with Crippen LogP contribution in [0, 0.1) is 11.3 Å². The topological polar surface area (TPSA) is 115 Å². The highest BCUT2D eigenvalue weighted by Crippen LogP contribution is 2.34. The fourth-order valence-corrected chi connectivity index (χ4v) is 6.96. The number of hydrogen-bond donors (Lipinski definition) is 0. The second kappa shape index (κ2) is 10.3. The largest absolute Gasteiger partial charge is 0.338 e. The molecule has 11 heteroatoms. The fraction of sp³-hybridized carbons (Fsp3) is 0.357. The number of fused-ring (bicyclic) bond motifs is 3. The lowest BCUT2D eigenvalue weighted by molar-refractivity contribution is 0.190. The molecule has 4 aromatic heterocycles. The molecule has 39 heavy (non-hydrogen) atoms. The number of piperidine rings is 1. The molecule has 10 nitrogen and oxygen atoms in total. The standard InChI is InChI=1S/C28H30N8O2S/c1-33-19-14-30-25(33)8-9-26-32-24-20-31-28-23(12-18-35(28)39(37,38)22-6-3-2-4-7-22)27(24)36(26)21-10-16-34(17-11-21)15-5-13-29/h2-4,6-7,12,14,18-21H,5,8-11,15-17H2,1H3. The van der Waals surface area contributed by atoms with E-state index in [0.29, 0.717) is 18.5 Å². The third kappa shape index (κ3) is 4.60. The van der Waals surface area contributed by atoms with Gasteiger partial charge in [-0.15, -0.1) is 0 Å². The molecule has 5 heterocycles. The van der Waals surface area contributed by atoms with Crippen LogP contribution < -0.4 is 0 Å². The van der Waals surface area contributed by atoms with Gasteiger partial charge in [-0.25, -0.2) is 27.3 Å². The smallest absolute Gasteiger partial charge is 0.269 e. The SMILES string of the molecule is Cn1ccnc1CCc1nc2cnc3c(ccn3S(=O)(=O)c3ccccc3)c2n1C1CCN(CCC#N)CC1. The van der Waals surface area contributed by atoms with Gasteiger partial charge in [0.1, 0.15) is 17.2 Å². The highest BCUT2D eigenvalue weighted by atomic mass is 32.2. The van der Waals surface area contributed by atoms with E-state index in [1.165, 1.54) is 3.97 Å². The van der Waals surface area contributed by atoms with Crippen molar-refractivity contribution in [3.8, 4) is 6.07 Å².